The Labute approximate surface area is 166 Å². The molecule has 0 aliphatic heterocycles. The number of hydrogen-bond donors (Lipinski definition) is 1. The Morgan fingerprint density at radius 2 is 2.00 bits per heavy atom. The van der Waals surface area contributed by atoms with Crippen molar-refractivity contribution in [3.63, 3.8) is 0 Å². The summed E-state index contributed by atoms with van der Waals surface area (Å²) in [5, 5.41) is 9.02. The molecule has 1 N–H and O–H groups in total. The van der Waals surface area contributed by atoms with E-state index in [1.54, 1.807) is 0 Å². The number of aromatic amines is 1. The van der Waals surface area contributed by atoms with Gasteiger partial charge in [-0.05, 0) is 55.9 Å². The Kier molecular flexibility index (Phi) is 4.42. The SMILES string of the molecule is CCC1CC(OC2CCC(C)(C)CC2)CC1c1nnc2cnc3[nH]ccc3n12. The van der Waals surface area contributed by atoms with Gasteiger partial charge in [0.15, 0.2) is 11.3 Å². The zero-order valence-corrected chi connectivity index (χ0v) is 17.2. The minimum atomic E-state index is 0.345. The molecule has 3 unspecified atom stereocenters. The van der Waals surface area contributed by atoms with Crippen LogP contribution in [0.25, 0.3) is 16.8 Å². The summed E-state index contributed by atoms with van der Waals surface area (Å²) >= 11 is 0. The van der Waals surface area contributed by atoms with Crippen LogP contribution in [0.1, 0.15) is 77.5 Å². The van der Waals surface area contributed by atoms with Gasteiger partial charge in [0.2, 0.25) is 0 Å². The third-order valence-corrected chi connectivity index (χ3v) is 7.15. The Balaban J connectivity index is 1.38. The van der Waals surface area contributed by atoms with Crippen LogP contribution in [-0.4, -0.2) is 36.8 Å². The van der Waals surface area contributed by atoms with Crippen molar-refractivity contribution in [2.75, 3.05) is 0 Å². The second kappa shape index (κ2) is 6.83. The highest BCUT2D eigenvalue weighted by Crippen LogP contribution is 2.44. The Bertz CT molecular complexity index is 964. The number of fused-ring (bicyclic) bond motifs is 3. The summed E-state index contributed by atoms with van der Waals surface area (Å²) in [5.41, 5.74) is 3.26. The van der Waals surface area contributed by atoms with E-state index in [0.29, 0.717) is 29.5 Å². The van der Waals surface area contributed by atoms with Gasteiger partial charge < -0.3 is 9.72 Å². The van der Waals surface area contributed by atoms with Crippen LogP contribution in [0.3, 0.4) is 0 Å². The van der Waals surface area contributed by atoms with Gasteiger partial charge in [-0.1, -0.05) is 27.2 Å². The molecule has 0 aromatic carbocycles. The number of rotatable bonds is 4. The first-order valence-corrected chi connectivity index (χ1v) is 10.9. The van der Waals surface area contributed by atoms with Crippen molar-refractivity contribution in [3.05, 3.63) is 24.3 Å². The van der Waals surface area contributed by atoms with Crippen molar-refractivity contribution in [2.45, 2.75) is 83.8 Å². The maximum atomic E-state index is 6.61. The first-order chi connectivity index (χ1) is 13.5. The van der Waals surface area contributed by atoms with Crippen molar-refractivity contribution >= 4 is 16.8 Å². The standard InChI is InChI=1S/C22H31N5O/c1-4-14-11-16(28-15-5-8-22(2,3)9-6-15)12-17(14)21-26-25-19-13-24-20-18(27(19)21)7-10-23-20/h7,10,13-17,23H,4-6,8-9,11-12H2,1-3H3. The molecule has 2 fully saturated rings. The number of nitrogens with one attached hydrogen (secondary N) is 1. The monoisotopic (exact) mass is 381 g/mol. The van der Waals surface area contributed by atoms with Gasteiger partial charge in [0.25, 0.3) is 0 Å². The molecule has 150 valence electrons. The Morgan fingerprint density at radius 3 is 2.79 bits per heavy atom. The van der Waals surface area contributed by atoms with E-state index in [4.69, 9.17) is 4.74 Å². The number of H-pyrrole nitrogens is 1. The summed E-state index contributed by atoms with van der Waals surface area (Å²) in [5.74, 6) is 2.06. The lowest BCUT2D eigenvalue weighted by molar-refractivity contribution is -0.0437. The summed E-state index contributed by atoms with van der Waals surface area (Å²) in [4.78, 5) is 7.65. The van der Waals surface area contributed by atoms with Crippen LogP contribution < -0.4 is 0 Å². The van der Waals surface area contributed by atoms with E-state index >= 15 is 0 Å². The molecule has 0 spiro atoms. The molecule has 6 nitrogen and oxygen atoms in total. The van der Waals surface area contributed by atoms with Gasteiger partial charge in [-0.2, -0.15) is 0 Å². The lowest BCUT2D eigenvalue weighted by atomic mass is 9.76. The fourth-order valence-electron chi connectivity index (χ4n) is 5.37. The van der Waals surface area contributed by atoms with Gasteiger partial charge >= 0.3 is 0 Å². The van der Waals surface area contributed by atoms with Crippen LogP contribution in [0, 0.1) is 11.3 Å². The second-order valence-corrected chi connectivity index (χ2v) is 9.59. The minimum Gasteiger partial charge on any atom is -0.375 e. The van der Waals surface area contributed by atoms with E-state index in [1.165, 1.54) is 25.7 Å². The molecule has 5 rings (SSSR count). The lowest BCUT2D eigenvalue weighted by Crippen LogP contribution is -2.29. The molecule has 3 aromatic heterocycles. The summed E-state index contributed by atoms with van der Waals surface area (Å²) in [6.07, 6.45) is 12.8. The minimum absolute atomic E-state index is 0.345. The van der Waals surface area contributed by atoms with E-state index < -0.39 is 0 Å². The molecular formula is C22H31N5O. The third kappa shape index (κ3) is 3.11. The average molecular weight is 382 g/mol. The van der Waals surface area contributed by atoms with Crippen molar-refractivity contribution in [1.82, 2.24) is 24.6 Å². The number of ether oxygens (including phenoxy) is 1. The molecule has 28 heavy (non-hydrogen) atoms. The zero-order chi connectivity index (χ0) is 19.3. The first kappa shape index (κ1) is 18.1. The summed E-state index contributed by atoms with van der Waals surface area (Å²) in [6, 6.07) is 2.07. The van der Waals surface area contributed by atoms with Crippen molar-refractivity contribution < 1.29 is 4.74 Å². The maximum absolute atomic E-state index is 6.61. The number of aromatic nitrogens is 5. The van der Waals surface area contributed by atoms with Crippen LogP contribution in [0.2, 0.25) is 0 Å². The van der Waals surface area contributed by atoms with Crippen LogP contribution in [0.5, 0.6) is 0 Å². The van der Waals surface area contributed by atoms with E-state index in [1.807, 2.05) is 12.4 Å². The van der Waals surface area contributed by atoms with Crippen molar-refractivity contribution in [1.29, 1.82) is 0 Å². The molecule has 0 saturated heterocycles. The van der Waals surface area contributed by atoms with E-state index in [0.717, 1.165) is 41.9 Å². The number of nitrogens with zero attached hydrogens (tertiary/aromatic N) is 4. The molecular weight excluding hydrogens is 350 g/mol. The second-order valence-electron chi connectivity index (χ2n) is 9.59. The highest BCUT2D eigenvalue weighted by Gasteiger charge is 2.39. The lowest BCUT2D eigenvalue weighted by Gasteiger charge is -2.35. The van der Waals surface area contributed by atoms with Gasteiger partial charge in [0, 0.05) is 12.1 Å². The van der Waals surface area contributed by atoms with Crippen molar-refractivity contribution in [2.24, 2.45) is 11.3 Å². The fourth-order valence-corrected chi connectivity index (χ4v) is 5.37. The Morgan fingerprint density at radius 1 is 1.18 bits per heavy atom. The molecule has 2 aliphatic rings. The topological polar surface area (TPSA) is 68.1 Å². The van der Waals surface area contributed by atoms with Crippen molar-refractivity contribution in [3.8, 4) is 0 Å². The van der Waals surface area contributed by atoms with E-state index in [9.17, 15) is 0 Å². The summed E-state index contributed by atoms with van der Waals surface area (Å²) in [6.45, 7) is 7.06. The van der Waals surface area contributed by atoms with Gasteiger partial charge in [0.1, 0.15) is 5.82 Å². The fraction of sp³-hybridized carbons (Fsp3) is 0.682. The molecule has 0 amide bonds. The molecule has 3 aromatic rings. The molecule has 3 heterocycles. The highest BCUT2D eigenvalue weighted by molar-refractivity contribution is 5.74. The predicted molar refractivity (Wildman–Crippen MR) is 109 cm³/mol. The van der Waals surface area contributed by atoms with Gasteiger partial charge in [-0.3, -0.25) is 4.40 Å². The molecule has 2 aliphatic carbocycles. The zero-order valence-electron chi connectivity index (χ0n) is 17.2. The van der Waals surface area contributed by atoms with Crippen LogP contribution >= 0.6 is 0 Å². The third-order valence-electron chi connectivity index (χ3n) is 7.15. The average Bonchev–Trinajstić information content (AvgIpc) is 3.39. The van der Waals surface area contributed by atoms with Crippen LogP contribution in [0.15, 0.2) is 18.5 Å². The summed E-state index contributed by atoms with van der Waals surface area (Å²) < 4.78 is 8.81. The number of hydrogen-bond acceptors (Lipinski definition) is 4. The molecule has 6 heteroatoms. The smallest absolute Gasteiger partial charge is 0.179 e. The summed E-state index contributed by atoms with van der Waals surface area (Å²) in [7, 11) is 0. The largest absolute Gasteiger partial charge is 0.375 e. The molecule has 3 atom stereocenters. The predicted octanol–water partition coefficient (Wildman–Crippen LogP) is 4.86. The Hall–Kier alpha value is -1.95. The normalized spacial score (nSPS) is 28.5. The molecule has 0 radical (unpaired) electrons. The first-order valence-electron chi connectivity index (χ1n) is 10.9. The van der Waals surface area contributed by atoms with Gasteiger partial charge in [-0.15, -0.1) is 10.2 Å². The molecule has 2 saturated carbocycles. The highest BCUT2D eigenvalue weighted by atomic mass is 16.5. The van der Waals surface area contributed by atoms with Gasteiger partial charge in [-0.25, -0.2) is 4.98 Å². The van der Waals surface area contributed by atoms with Crippen LogP contribution in [-0.2, 0) is 4.74 Å². The van der Waals surface area contributed by atoms with Crippen LogP contribution in [0.4, 0.5) is 0 Å². The molecule has 0 bridgehead atoms. The van der Waals surface area contributed by atoms with Gasteiger partial charge in [0.05, 0.1) is 23.9 Å². The maximum Gasteiger partial charge on any atom is 0.179 e. The van der Waals surface area contributed by atoms with E-state index in [-0.39, 0.29) is 0 Å². The quantitative estimate of drug-likeness (QED) is 0.700. The van der Waals surface area contributed by atoms with E-state index in [2.05, 4.69) is 51.4 Å².